The summed E-state index contributed by atoms with van der Waals surface area (Å²) < 4.78 is 37.1. The van der Waals surface area contributed by atoms with Crippen LogP contribution in [0.2, 0.25) is 0 Å². The number of esters is 5. The maximum Gasteiger partial charge on any atom is 0.308 e. The van der Waals surface area contributed by atoms with Crippen LogP contribution in [0.4, 0.5) is 0 Å². The van der Waals surface area contributed by atoms with Crippen molar-refractivity contribution in [3.8, 4) is 0 Å². The molecule has 1 N–H and O–H groups in total. The molecule has 0 aliphatic carbocycles. The van der Waals surface area contributed by atoms with E-state index in [2.05, 4.69) is 5.32 Å². The summed E-state index contributed by atoms with van der Waals surface area (Å²) in [6, 6.07) is 0. The smallest absolute Gasteiger partial charge is 0.308 e. The average Bonchev–Trinajstić information content (AvgIpc) is 2.72. The second-order valence-corrected chi connectivity index (χ2v) is 9.07. The minimum Gasteiger partial charge on any atom is -0.463 e. The van der Waals surface area contributed by atoms with Gasteiger partial charge in [0.2, 0.25) is 5.91 Å². The van der Waals surface area contributed by atoms with Gasteiger partial charge in [-0.15, -0.1) is 0 Å². The Bertz CT molecular complexity index is 850. The fraction of sp³-hybridized carbons (Fsp3) is 0.739. The van der Waals surface area contributed by atoms with E-state index in [1.54, 1.807) is 20.8 Å². The predicted octanol–water partition coefficient (Wildman–Crippen LogP) is -0.0659. The van der Waals surface area contributed by atoms with Gasteiger partial charge in [-0.2, -0.15) is 0 Å². The van der Waals surface area contributed by atoms with Gasteiger partial charge < -0.3 is 38.5 Å². The first-order chi connectivity index (χ1) is 17.1. The fourth-order valence-corrected chi connectivity index (χ4v) is 3.23. The number of hydrogen-bond donors (Lipinski definition) is 1. The lowest BCUT2D eigenvalue weighted by molar-refractivity contribution is -0.306. The molecule has 1 aliphatic heterocycles. The Morgan fingerprint density at radius 1 is 0.784 bits per heavy atom. The summed E-state index contributed by atoms with van der Waals surface area (Å²) in [5.41, 5.74) is -0.667. The largest absolute Gasteiger partial charge is 0.463 e. The lowest BCUT2D eigenvalue weighted by atomic mass is 9.98. The third kappa shape index (κ3) is 12.5. The van der Waals surface area contributed by atoms with E-state index in [4.69, 9.17) is 33.2 Å². The van der Waals surface area contributed by atoms with E-state index in [0.29, 0.717) is 0 Å². The summed E-state index contributed by atoms with van der Waals surface area (Å²) in [6.07, 6.45) is -6.98. The van der Waals surface area contributed by atoms with Gasteiger partial charge in [-0.1, -0.05) is 0 Å². The van der Waals surface area contributed by atoms with Crippen molar-refractivity contribution in [2.75, 3.05) is 19.8 Å². The van der Waals surface area contributed by atoms with E-state index in [1.165, 1.54) is 0 Å². The van der Waals surface area contributed by atoms with Gasteiger partial charge in [-0.3, -0.25) is 28.8 Å². The van der Waals surface area contributed by atoms with Crippen molar-refractivity contribution in [2.24, 2.45) is 0 Å². The highest BCUT2D eigenvalue weighted by Crippen LogP contribution is 2.30. The molecule has 0 unspecified atom stereocenters. The molecule has 1 fully saturated rings. The zero-order valence-corrected chi connectivity index (χ0v) is 22.0. The van der Waals surface area contributed by atoms with E-state index >= 15 is 0 Å². The van der Waals surface area contributed by atoms with Crippen molar-refractivity contribution in [1.29, 1.82) is 0 Å². The molecule has 1 amide bonds. The number of amides is 1. The number of carbonyl (C=O) groups excluding carboxylic acids is 6. The third-order valence-electron chi connectivity index (χ3n) is 4.40. The molecule has 0 aromatic carbocycles. The Kier molecular flexibility index (Phi) is 12.4. The standard InChI is InChI=1S/C23H35NO13/c1-12(25)31-10-16-19(33-13(2)26)20(34-14(3)27)21(35-15(4)28)22(36-16)32-11-17(29)24-9-8-18(30)37-23(5,6)7/h16,19-22H,8-11H2,1-7H3,(H,24,29)/t16-,19+,20+,21-,22-/m1/s1. The van der Waals surface area contributed by atoms with E-state index in [-0.39, 0.29) is 13.0 Å². The zero-order valence-electron chi connectivity index (χ0n) is 22.0. The fourth-order valence-electron chi connectivity index (χ4n) is 3.23. The van der Waals surface area contributed by atoms with Crippen LogP contribution in [0, 0.1) is 0 Å². The van der Waals surface area contributed by atoms with Gasteiger partial charge in [0.05, 0.1) is 6.42 Å². The predicted molar refractivity (Wildman–Crippen MR) is 121 cm³/mol. The van der Waals surface area contributed by atoms with Crippen molar-refractivity contribution >= 4 is 35.8 Å². The van der Waals surface area contributed by atoms with Crippen molar-refractivity contribution in [3.63, 3.8) is 0 Å². The maximum atomic E-state index is 12.3. The molecular weight excluding hydrogens is 498 g/mol. The summed E-state index contributed by atoms with van der Waals surface area (Å²) in [4.78, 5) is 70.7. The second kappa shape index (κ2) is 14.5. The molecule has 14 nitrogen and oxygen atoms in total. The van der Waals surface area contributed by atoms with Crippen LogP contribution in [-0.4, -0.2) is 91.8 Å². The third-order valence-corrected chi connectivity index (χ3v) is 4.40. The highest BCUT2D eigenvalue weighted by Gasteiger charge is 2.52. The Morgan fingerprint density at radius 3 is 1.84 bits per heavy atom. The quantitative estimate of drug-likeness (QED) is 0.276. The summed E-state index contributed by atoms with van der Waals surface area (Å²) >= 11 is 0. The van der Waals surface area contributed by atoms with Crippen LogP contribution in [0.15, 0.2) is 0 Å². The van der Waals surface area contributed by atoms with Gasteiger partial charge in [-0.05, 0) is 20.8 Å². The van der Waals surface area contributed by atoms with Crippen LogP contribution in [-0.2, 0) is 61.9 Å². The molecule has 37 heavy (non-hydrogen) atoms. The van der Waals surface area contributed by atoms with Crippen molar-refractivity contribution in [1.82, 2.24) is 5.32 Å². The van der Waals surface area contributed by atoms with Gasteiger partial charge in [0.15, 0.2) is 24.6 Å². The van der Waals surface area contributed by atoms with Gasteiger partial charge in [0, 0.05) is 34.2 Å². The van der Waals surface area contributed by atoms with Crippen LogP contribution >= 0.6 is 0 Å². The van der Waals surface area contributed by atoms with Crippen molar-refractivity contribution in [2.45, 2.75) is 91.2 Å². The molecule has 210 valence electrons. The normalized spacial score (nSPS) is 23.3. The van der Waals surface area contributed by atoms with Crippen LogP contribution in [0.25, 0.3) is 0 Å². The van der Waals surface area contributed by atoms with Crippen LogP contribution in [0.5, 0.6) is 0 Å². The van der Waals surface area contributed by atoms with Gasteiger partial charge in [-0.25, -0.2) is 0 Å². The molecular formula is C23H35NO13. The van der Waals surface area contributed by atoms with E-state index in [0.717, 1.165) is 27.7 Å². The molecule has 1 heterocycles. The van der Waals surface area contributed by atoms with Gasteiger partial charge in [0.25, 0.3) is 0 Å². The zero-order chi connectivity index (χ0) is 28.3. The molecule has 0 radical (unpaired) electrons. The first-order valence-electron chi connectivity index (χ1n) is 11.5. The van der Waals surface area contributed by atoms with Crippen LogP contribution in [0.3, 0.4) is 0 Å². The molecule has 1 rings (SSSR count). The number of ether oxygens (including phenoxy) is 7. The molecule has 14 heteroatoms. The average molecular weight is 534 g/mol. The van der Waals surface area contributed by atoms with Gasteiger partial charge in [0.1, 0.15) is 24.9 Å². The number of rotatable bonds is 11. The molecule has 1 saturated heterocycles. The van der Waals surface area contributed by atoms with Crippen LogP contribution in [0.1, 0.15) is 54.9 Å². The van der Waals surface area contributed by atoms with E-state index in [1.807, 2.05) is 0 Å². The molecule has 1 aliphatic rings. The lowest BCUT2D eigenvalue weighted by Gasteiger charge is -2.43. The topological polar surface area (TPSA) is 179 Å². The van der Waals surface area contributed by atoms with Crippen LogP contribution < -0.4 is 5.32 Å². The highest BCUT2D eigenvalue weighted by molar-refractivity contribution is 5.78. The van der Waals surface area contributed by atoms with Crippen molar-refractivity contribution < 1.29 is 61.9 Å². The molecule has 5 atom stereocenters. The van der Waals surface area contributed by atoms with E-state index < -0.39 is 85.3 Å². The molecule has 0 spiro atoms. The molecule has 0 aromatic heterocycles. The Balaban J connectivity index is 3.00. The highest BCUT2D eigenvalue weighted by atomic mass is 16.7. The van der Waals surface area contributed by atoms with Gasteiger partial charge >= 0.3 is 29.8 Å². The minimum absolute atomic E-state index is 0.0321. The number of nitrogens with one attached hydrogen (secondary N) is 1. The SMILES string of the molecule is CC(=O)OC[C@H]1O[C@@H](OCC(=O)NCCC(=O)OC(C)(C)C)[C@H](OC(C)=O)[C@@H](OC(C)=O)[C@H]1OC(C)=O. The van der Waals surface area contributed by atoms with Crippen molar-refractivity contribution in [3.05, 3.63) is 0 Å². The Hall–Kier alpha value is -3.26. The number of carbonyl (C=O) groups is 6. The summed E-state index contributed by atoms with van der Waals surface area (Å²) in [5.74, 6) is -4.20. The monoisotopic (exact) mass is 533 g/mol. The Morgan fingerprint density at radius 2 is 1.32 bits per heavy atom. The summed E-state index contributed by atoms with van der Waals surface area (Å²) in [7, 11) is 0. The maximum absolute atomic E-state index is 12.3. The Labute approximate surface area is 214 Å². The first-order valence-corrected chi connectivity index (χ1v) is 11.5. The molecule has 0 saturated carbocycles. The summed E-state index contributed by atoms with van der Waals surface area (Å²) in [5, 5.41) is 2.47. The number of hydrogen-bond acceptors (Lipinski definition) is 13. The second-order valence-electron chi connectivity index (χ2n) is 9.07. The molecule has 0 aromatic rings. The summed E-state index contributed by atoms with van der Waals surface area (Å²) in [6.45, 7) is 8.47. The molecule has 0 bridgehead atoms. The first kappa shape index (κ1) is 31.8. The lowest BCUT2D eigenvalue weighted by Crippen LogP contribution is -2.63. The van der Waals surface area contributed by atoms with E-state index in [9.17, 15) is 28.8 Å². The minimum atomic E-state index is -1.49.